The molecule has 0 radical (unpaired) electrons. The second-order valence-corrected chi connectivity index (χ2v) is 5.86. The molecule has 0 saturated carbocycles. The Labute approximate surface area is 136 Å². The molecule has 2 aromatic heterocycles. The first-order chi connectivity index (χ1) is 10.9. The Morgan fingerprint density at radius 2 is 1.91 bits per heavy atom. The van der Waals surface area contributed by atoms with Crippen molar-refractivity contribution in [3.05, 3.63) is 59.6 Å². The molecule has 2 heterocycles. The molecular weight excluding hydrogens is 288 g/mol. The van der Waals surface area contributed by atoms with Crippen LogP contribution in [0.2, 0.25) is 0 Å². The zero-order valence-corrected chi connectivity index (χ0v) is 14.2. The Morgan fingerprint density at radius 3 is 2.43 bits per heavy atom. The molecule has 0 fully saturated rings. The summed E-state index contributed by atoms with van der Waals surface area (Å²) in [5, 5.41) is 0.666. The molecule has 0 aliphatic heterocycles. The number of fused-ring (bicyclic) bond motifs is 1. The minimum absolute atomic E-state index is 0.0417. The summed E-state index contributed by atoms with van der Waals surface area (Å²) in [6.07, 6.45) is 6.22. The van der Waals surface area contributed by atoms with E-state index in [0.29, 0.717) is 36.5 Å². The number of nitrogens with zero attached hydrogens (tertiary/aromatic N) is 4. The normalized spacial score (nSPS) is 10.7. The first-order valence-electron chi connectivity index (χ1n) is 7.56. The van der Waals surface area contributed by atoms with Gasteiger partial charge in [-0.15, -0.1) is 13.2 Å². The molecule has 0 aliphatic carbocycles. The lowest BCUT2D eigenvalue weighted by atomic mass is 10.1. The third kappa shape index (κ3) is 3.13. The first kappa shape index (κ1) is 16.8. The van der Waals surface area contributed by atoms with E-state index in [2.05, 4.69) is 19.7 Å². The monoisotopic (exact) mass is 312 g/mol. The van der Waals surface area contributed by atoms with E-state index in [4.69, 9.17) is 4.98 Å². The van der Waals surface area contributed by atoms with Crippen LogP contribution >= 0.6 is 0 Å². The molecule has 0 saturated heterocycles. The van der Waals surface area contributed by atoms with E-state index >= 15 is 0 Å². The van der Waals surface area contributed by atoms with Crippen LogP contribution < -0.4 is 10.5 Å². The van der Waals surface area contributed by atoms with Crippen LogP contribution in [0, 0.1) is 0 Å². The van der Waals surface area contributed by atoms with Gasteiger partial charge in [0.1, 0.15) is 5.65 Å². The largest absolute Gasteiger partial charge is 0.335 e. The Balaban J connectivity index is 2.71. The van der Waals surface area contributed by atoms with Crippen molar-refractivity contribution in [2.75, 3.05) is 18.0 Å². The predicted octanol–water partition coefficient (Wildman–Crippen LogP) is 2.57. The molecule has 5 heteroatoms. The average Bonchev–Trinajstić information content (AvgIpc) is 2.78. The summed E-state index contributed by atoms with van der Waals surface area (Å²) in [5.74, 6) is 0.616. The first-order valence-corrected chi connectivity index (χ1v) is 7.56. The van der Waals surface area contributed by atoms with E-state index in [1.54, 1.807) is 23.8 Å². The van der Waals surface area contributed by atoms with E-state index < -0.39 is 0 Å². The molecule has 0 aliphatic rings. The number of aromatic nitrogens is 3. The molecule has 2 aromatic rings. The van der Waals surface area contributed by atoms with Gasteiger partial charge in [0.2, 0.25) is 5.95 Å². The van der Waals surface area contributed by atoms with Gasteiger partial charge in [-0.1, -0.05) is 24.3 Å². The van der Waals surface area contributed by atoms with Crippen molar-refractivity contribution < 1.29 is 0 Å². The van der Waals surface area contributed by atoms with Gasteiger partial charge in [0, 0.05) is 33.4 Å². The standard InChI is InChI=1S/C18H24N4O/c1-7-9-22(10-8-2)18-19-16-15(17(23)21(18)6)14(11-13(3)4)12-20(16)5/h7-8,12H,1-3,9-11H2,4-6H3. The Bertz CT molecular complexity index is 816. The summed E-state index contributed by atoms with van der Waals surface area (Å²) in [6, 6.07) is 0. The molecule has 2 rings (SSSR count). The minimum atomic E-state index is -0.0417. The van der Waals surface area contributed by atoms with Crippen LogP contribution in [0.25, 0.3) is 11.0 Å². The molecular formula is C18H24N4O. The summed E-state index contributed by atoms with van der Waals surface area (Å²) in [4.78, 5) is 19.6. The second kappa shape index (κ2) is 6.69. The molecule has 122 valence electrons. The van der Waals surface area contributed by atoms with Crippen molar-refractivity contribution in [1.82, 2.24) is 14.1 Å². The third-order valence-electron chi connectivity index (χ3n) is 3.73. The van der Waals surface area contributed by atoms with Crippen molar-refractivity contribution in [2.24, 2.45) is 14.1 Å². The fourth-order valence-corrected chi connectivity index (χ4v) is 2.77. The van der Waals surface area contributed by atoms with Gasteiger partial charge in [0.25, 0.3) is 5.56 Å². The van der Waals surface area contributed by atoms with Gasteiger partial charge in [-0.3, -0.25) is 9.36 Å². The summed E-state index contributed by atoms with van der Waals surface area (Å²) < 4.78 is 3.50. The van der Waals surface area contributed by atoms with Crippen molar-refractivity contribution in [2.45, 2.75) is 13.3 Å². The van der Waals surface area contributed by atoms with Crippen molar-refractivity contribution in [3.63, 3.8) is 0 Å². The number of hydrogen-bond acceptors (Lipinski definition) is 3. The van der Waals surface area contributed by atoms with Gasteiger partial charge in [-0.2, -0.15) is 4.98 Å². The van der Waals surface area contributed by atoms with Crippen LogP contribution in [0.15, 0.2) is 48.5 Å². The number of hydrogen-bond donors (Lipinski definition) is 0. The quantitative estimate of drug-likeness (QED) is 0.738. The van der Waals surface area contributed by atoms with Gasteiger partial charge in [0.05, 0.1) is 5.39 Å². The van der Waals surface area contributed by atoms with E-state index in [0.717, 1.165) is 11.1 Å². The fraction of sp³-hybridized carbons (Fsp3) is 0.333. The van der Waals surface area contributed by atoms with Crippen LogP contribution in [-0.2, 0) is 20.5 Å². The van der Waals surface area contributed by atoms with Crippen LogP contribution in [0.4, 0.5) is 5.95 Å². The summed E-state index contributed by atoms with van der Waals surface area (Å²) in [7, 11) is 3.66. The predicted molar refractivity (Wildman–Crippen MR) is 97.1 cm³/mol. The third-order valence-corrected chi connectivity index (χ3v) is 3.73. The van der Waals surface area contributed by atoms with E-state index in [1.807, 2.05) is 29.6 Å². The Morgan fingerprint density at radius 1 is 1.30 bits per heavy atom. The number of anilines is 1. The SMILES string of the molecule is C=CCN(CC=C)c1nc2c(c(CC(=C)C)cn2C)c(=O)n1C. The molecule has 0 spiro atoms. The van der Waals surface area contributed by atoms with E-state index in [1.165, 1.54) is 0 Å². The van der Waals surface area contributed by atoms with Gasteiger partial charge in [-0.05, 0) is 18.9 Å². The van der Waals surface area contributed by atoms with Gasteiger partial charge in [-0.25, -0.2) is 0 Å². The summed E-state index contributed by atoms with van der Waals surface area (Å²) >= 11 is 0. The van der Waals surface area contributed by atoms with Crippen molar-refractivity contribution in [3.8, 4) is 0 Å². The Kier molecular flexibility index (Phi) is 4.89. The van der Waals surface area contributed by atoms with E-state index in [9.17, 15) is 4.79 Å². The highest BCUT2D eigenvalue weighted by atomic mass is 16.1. The van der Waals surface area contributed by atoms with Gasteiger partial charge in [0.15, 0.2) is 0 Å². The maximum atomic E-state index is 12.9. The van der Waals surface area contributed by atoms with Crippen molar-refractivity contribution >= 4 is 17.0 Å². The van der Waals surface area contributed by atoms with Crippen LogP contribution in [0.1, 0.15) is 12.5 Å². The Hall–Kier alpha value is -2.56. The van der Waals surface area contributed by atoms with Crippen molar-refractivity contribution in [1.29, 1.82) is 0 Å². The summed E-state index contributed by atoms with van der Waals surface area (Å²) in [5.41, 5.74) is 2.63. The smallest absolute Gasteiger partial charge is 0.264 e. The highest BCUT2D eigenvalue weighted by molar-refractivity contribution is 5.81. The average molecular weight is 312 g/mol. The molecule has 0 amide bonds. The number of rotatable bonds is 7. The van der Waals surface area contributed by atoms with Gasteiger partial charge < -0.3 is 9.47 Å². The number of aryl methyl sites for hydroxylation is 1. The zero-order chi connectivity index (χ0) is 17.1. The number of allylic oxidation sites excluding steroid dienone is 1. The second-order valence-electron chi connectivity index (χ2n) is 5.86. The lowest BCUT2D eigenvalue weighted by Gasteiger charge is -2.22. The minimum Gasteiger partial charge on any atom is -0.335 e. The molecule has 5 nitrogen and oxygen atoms in total. The van der Waals surface area contributed by atoms with E-state index in [-0.39, 0.29) is 5.56 Å². The lowest BCUT2D eigenvalue weighted by molar-refractivity contribution is 0.769. The fourth-order valence-electron chi connectivity index (χ4n) is 2.77. The molecule has 0 unspecified atom stereocenters. The summed E-state index contributed by atoms with van der Waals surface area (Å²) in [6.45, 7) is 14.6. The molecule has 0 atom stereocenters. The maximum absolute atomic E-state index is 12.9. The zero-order valence-electron chi connectivity index (χ0n) is 14.2. The molecule has 23 heavy (non-hydrogen) atoms. The molecule has 0 N–H and O–H groups in total. The molecule has 0 aromatic carbocycles. The lowest BCUT2D eigenvalue weighted by Crippen LogP contribution is -2.32. The highest BCUT2D eigenvalue weighted by Crippen LogP contribution is 2.21. The van der Waals surface area contributed by atoms with Crippen LogP contribution in [-0.4, -0.2) is 27.2 Å². The van der Waals surface area contributed by atoms with Gasteiger partial charge >= 0.3 is 0 Å². The molecule has 0 bridgehead atoms. The van der Waals surface area contributed by atoms with Crippen LogP contribution in [0.5, 0.6) is 0 Å². The van der Waals surface area contributed by atoms with Crippen LogP contribution in [0.3, 0.4) is 0 Å². The topological polar surface area (TPSA) is 43.1 Å². The maximum Gasteiger partial charge on any atom is 0.264 e. The highest BCUT2D eigenvalue weighted by Gasteiger charge is 2.18.